The van der Waals surface area contributed by atoms with E-state index >= 15 is 0 Å². The van der Waals surface area contributed by atoms with Crippen molar-refractivity contribution in [3.05, 3.63) is 0 Å². The van der Waals surface area contributed by atoms with Gasteiger partial charge in [0.05, 0.1) is 24.4 Å². The average molecular weight is 280 g/mol. The van der Waals surface area contributed by atoms with E-state index in [0.717, 1.165) is 0 Å². The Morgan fingerprint density at radius 1 is 1.39 bits per heavy atom. The first-order valence-corrected chi connectivity index (χ1v) is 7.72. The third-order valence-electron chi connectivity index (χ3n) is 3.23. The molecular formula is C11H24N2O4S. The summed E-state index contributed by atoms with van der Waals surface area (Å²) in [5.41, 5.74) is -0.816. The summed E-state index contributed by atoms with van der Waals surface area (Å²) in [6.07, 6.45) is 0.290. The zero-order valence-corrected chi connectivity index (χ0v) is 12.3. The summed E-state index contributed by atoms with van der Waals surface area (Å²) in [6.45, 7) is 7.68. The molecule has 3 unspecified atom stereocenters. The monoisotopic (exact) mass is 280 g/mol. The molecule has 0 spiro atoms. The van der Waals surface area contributed by atoms with Crippen LogP contribution in [-0.2, 0) is 14.9 Å². The summed E-state index contributed by atoms with van der Waals surface area (Å²) in [4.78, 5) is 0. The normalized spacial score (nSPS) is 30.1. The molecule has 1 aliphatic heterocycles. The number of hydrogen-bond acceptors (Lipinski definition) is 4. The van der Waals surface area contributed by atoms with E-state index in [2.05, 4.69) is 4.72 Å². The predicted octanol–water partition coefficient (Wildman–Crippen LogP) is 0.0910. The van der Waals surface area contributed by atoms with Crippen molar-refractivity contribution in [2.45, 2.75) is 51.9 Å². The van der Waals surface area contributed by atoms with Crippen LogP contribution < -0.4 is 4.72 Å². The molecule has 7 heteroatoms. The highest BCUT2D eigenvalue weighted by molar-refractivity contribution is 7.87. The zero-order valence-electron chi connectivity index (χ0n) is 11.5. The number of aliphatic hydroxyl groups is 1. The fraction of sp³-hybridized carbons (Fsp3) is 1.00. The Hall–Kier alpha value is -0.210. The lowest BCUT2D eigenvalue weighted by atomic mass is 10.0. The van der Waals surface area contributed by atoms with Crippen molar-refractivity contribution in [1.29, 1.82) is 0 Å². The molecule has 0 aromatic rings. The van der Waals surface area contributed by atoms with Gasteiger partial charge in [0.2, 0.25) is 0 Å². The number of hydrogen-bond donors (Lipinski definition) is 2. The van der Waals surface area contributed by atoms with E-state index in [4.69, 9.17) is 4.74 Å². The molecule has 0 aromatic carbocycles. The molecule has 0 saturated carbocycles. The maximum atomic E-state index is 12.3. The second-order valence-corrected chi connectivity index (χ2v) is 6.92. The van der Waals surface area contributed by atoms with Crippen molar-refractivity contribution in [2.24, 2.45) is 0 Å². The molecule has 108 valence electrons. The van der Waals surface area contributed by atoms with Gasteiger partial charge in [-0.1, -0.05) is 6.92 Å². The number of aliphatic hydroxyl groups excluding tert-OH is 1. The highest BCUT2D eigenvalue weighted by atomic mass is 32.2. The maximum Gasteiger partial charge on any atom is 0.280 e. The molecule has 0 bridgehead atoms. The Balaban J connectivity index is 2.80. The second kappa shape index (κ2) is 5.83. The fourth-order valence-corrected chi connectivity index (χ4v) is 3.69. The van der Waals surface area contributed by atoms with Gasteiger partial charge in [-0.2, -0.15) is 17.4 Å². The van der Waals surface area contributed by atoms with E-state index in [0.29, 0.717) is 19.5 Å². The van der Waals surface area contributed by atoms with Crippen molar-refractivity contribution in [1.82, 2.24) is 9.03 Å². The number of rotatable bonds is 5. The Morgan fingerprint density at radius 2 is 1.89 bits per heavy atom. The van der Waals surface area contributed by atoms with E-state index in [1.807, 2.05) is 20.8 Å². The summed E-state index contributed by atoms with van der Waals surface area (Å²) in [5, 5.41) is 9.28. The summed E-state index contributed by atoms with van der Waals surface area (Å²) in [5.74, 6) is 0. The number of nitrogens with one attached hydrogen (secondary N) is 1. The van der Waals surface area contributed by atoms with Crippen molar-refractivity contribution in [2.75, 3.05) is 19.7 Å². The van der Waals surface area contributed by atoms with E-state index in [1.165, 1.54) is 4.31 Å². The molecule has 0 amide bonds. The van der Waals surface area contributed by atoms with Gasteiger partial charge in [-0.25, -0.2) is 0 Å². The lowest BCUT2D eigenvalue weighted by Crippen LogP contribution is -2.57. The topological polar surface area (TPSA) is 78.9 Å². The lowest BCUT2D eigenvalue weighted by Gasteiger charge is -2.37. The zero-order chi connectivity index (χ0) is 14.0. The molecule has 3 atom stereocenters. The Bertz CT molecular complexity index is 357. The third kappa shape index (κ3) is 3.89. The quantitative estimate of drug-likeness (QED) is 0.748. The summed E-state index contributed by atoms with van der Waals surface area (Å²) in [7, 11) is -3.59. The molecule has 1 saturated heterocycles. The van der Waals surface area contributed by atoms with Crippen LogP contribution in [0.4, 0.5) is 0 Å². The first-order chi connectivity index (χ1) is 8.22. The molecule has 1 fully saturated rings. The van der Waals surface area contributed by atoms with Gasteiger partial charge in [0.15, 0.2) is 0 Å². The standard InChI is InChI=1S/C11H24N2O4S/c1-5-11(4,8-14)12-18(15,16)13-6-9(2)17-10(3)7-13/h9-10,12,14H,5-8H2,1-4H3. The summed E-state index contributed by atoms with van der Waals surface area (Å²) < 4.78 is 34.0. The molecule has 1 rings (SSSR count). The van der Waals surface area contributed by atoms with Crippen LogP contribution in [0.15, 0.2) is 0 Å². The molecule has 0 radical (unpaired) electrons. The van der Waals surface area contributed by atoms with E-state index in [9.17, 15) is 13.5 Å². The molecule has 2 N–H and O–H groups in total. The number of nitrogens with zero attached hydrogens (tertiary/aromatic N) is 1. The van der Waals surface area contributed by atoms with Crippen molar-refractivity contribution >= 4 is 10.2 Å². The fourth-order valence-electron chi connectivity index (χ4n) is 1.92. The minimum Gasteiger partial charge on any atom is -0.394 e. The SMILES string of the molecule is CCC(C)(CO)NS(=O)(=O)N1CC(C)OC(C)C1. The third-order valence-corrected chi connectivity index (χ3v) is 4.96. The predicted molar refractivity (Wildman–Crippen MR) is 69.4 cm³/mol. The Labute approximate surface area is 109 Å². The van der Waals surface area contributed by atoms with Gasteiger partial charge >= 0.3 is 0 Å². The minimum absolute atomic E-state index is 0.118. The van der Waals surface area contributed by atoms with Gasteiger partial charge in [-0.3, -0.25) is 0 Å². The van der Waals surface area contributed by atoms with Crippen LogP contribution in [0.25, 0.3) is 0 Å². The van der Waals surface area contributed by atoms with Gasteiger partial charge in [-0.15, -0.1) is 0 Å². The Morgan fingerprint density at radius 3 is 2.28 bits per heavy atom. The smallest absolute Gasteiger partial charge is 0.280 e. The maximum absolute atomic E-state index is 12.3. The van der Waals surface area contributed by atoms with E-state index in [1.54, 1.807) is 6.92 Å². The van der Waals surface area contributed by atoms with Crippen molar-refractivity contribution in [3.63, 3.8) is 0 Å². The number of ether oxygens (including phenoxy) is 1. The number of morpholine rings is 1. The summed E-state index contributed by atoms with van der Waals surface area (Å²) in [6, 6.07) is 0. The molecule has 6 nitrogen and oxygen atoms in total. The second-order valence-electron chi connectivity index (χ2n) is 5.25. The van der Waals surface area contributed by atoms with Gasteiger partial charge < -0.3 is 9.84 Å². The van der Waals surface area contributed by atoms with E-state index in [-0.39, 0.29) is 18.8 Å². The van der Waals surface area contributed by atoms with Crippen LogP contribution in [0.3, 0.4) is 0 Å². The average Bonchev–Trinajstić information content (AvgIpc) is 2.27. The minimum atomic E-state index is -3.59. The first-order valence-electron chi connectivity index (χ1n) is 6.28. The van der Waals surface area contributed by atoms with Gasteiger partial charge in [0.25, 0.3) is 10.2 Å². The van der Waals surface area contributed by atoms with E-state index < -0.39 is 15.7 Å². The molecule has 18 heavy (non-hydrogen) atoms. The van der Waals surface area contributed by atoms with Crippen LogP contribution in [0.5, 0.6) is 0 Å². The highest BCUT2D eigenvalue weighted by Gasteiger charge is 2.35. The van der Waals surface area contributed by atoms with Gasteiger partial charge in [0, 0.05) is 13.1 Å². The van der Waals surface area contributed by atoms with Crippen LogP contribution >= 0.6 is 0 Å². The van der Waals surface area contributed by atoms with Gasteiger partial charge in [-0.05, 0) is 27.2 Å². The van der Waals surface area contributed by atoms with Crippen LogP contribution in [0.1, 0.15) is 34.1 Å². The summed E-state index contributed by atoms with van der Waals surface area (Å²) >= 11 is 0. The molecule has 0 aliphatic carbocycles. The molecule has 1 aliphatic rings. The molecule has 1 heterocycles. The van der Waals surface area contributed by atoms with Crippen LogP contribution in [-0.4, -0.2) is 55.3 Å². The molecule has 0 aromatic heterocycles. The van der Waals surface area contributed by atoms with Crippen molar-refractivity contribution in [3.8, 4) is 0 Å². The van der Waals surface area contributed by atoms with Crippen molar-refractivity contribution < 1.29 is 18.3 Å². The molecular weight excluding hydrogens is 256 g/mol. The van der Waals surface area contributed by atoms with Crippen LogP contribution in [0.2, 0.25) is 0 Å². The largest absolute Gasteiger partial charge is 0.394 e. The van der Waals surface area contributed by atoms with Gasteiger partial charge in [0.1, 0.15) is 0 Å². The van der Waals surface area contributed by atoms with Crippen LogP contribution in [0, 0.1) is 0 Å². The first kappa shape index (κ1) is 15.8. The lowest BCUT2D eigenvalue weighted by molar-refractivity contribution is -0.0447. The Kier molecular flexibility index (Phi) is 5.13. The highest BCUT2D eigenvalue weighted by Crippen LogP contribution is 2.17.